The molecule has 12 nitrogen and oxygen atoms in total. The number of carbonyl (C=O) groups is 2. The predicted octanol–water partition coefficient (Wildman–Crippen LogP) is 3.56. The van der Waals surface area contributed by atoms with Crippen molar-refractivity contribution in [2.75, 3.05) is 31.6 Å². The van der Waals surface area contributed by atoms with Crippen LogP contribution in [0, 0.1) is 34.2 Å². The first-order chi connectivity index (χ1) is 18.5. The van der Waals surface area contributed by atoms with E-state index >= 15 is 0 Å². The van der Waals surface area contributed by atoms with Crippen LogP contribution in [-0.2, 0) is 27.8 Å². The minimum Gasteiger partial charge on any atom is -0.468 e. The van der Waals surface area contributed by atoms with Gasteiger partial charge in [0.15, 0.2) is 0 Å². The van der Waals surface area contributed by atoms with Crippen LogP contribution in [0.15, 0.2) is 12.1 Å². The number of rotatable bonds is 6. The average Bonchev–Trinajstić information content (AvgIpc) is 2.88. The number of benzene rings is 1. The van der Waals surface area contributed by atoms with Gasteiger partial charge in [0.05, 0.1) is 36.0 Å². The van der Waals surface area contributed by atoms with E-state index < -0.39 is 39.9 Å². The molecule has 2 heterocycles. The molecule has 1 saturated heterocycles. The molecule has 2 atom stereocenters. The van der Waals surface area contributed by atoms with E-state index in [1.807, 2.05) is 6.07 Å². The van der Waals surface area contributed by atoms with E-state index in [-0.39, 0.29) is 55.7 Å². The van der Waals surface area contributed by atoms with Gasteiger partial charge < -0.3 is 19.6 Å². The number of methoxy groups -OCH3 is 1. The zero-order valence-corrected chi connectivity index (χ0v) is 22.1. The van der Waals surface area contributed by atoms with Crippen LogP contribution < -0.4 is 4.90 Å². The maximum absolute atomic E-state index is 14.6. The van der Waals surface area contributed by atoms with Crippen LogP contribution in [0.25, 0.3) is 0 Å². The highest BCUT2D eigenvalue weighted by Gasteiger charge is 2.48. The predicted molar refractivity (Wildman–Crippen MR) is 136 cm³/mol. The summed E-state index contributed by atoms with van der Waals surface area (Å²) in [7, 11) is 1.20. The van der Waals surface area contributed by atoms with Crippen molar-refractivity contribution in [1.29, 1.82) is 5.26 Å². The first-order valence-electron chi connectivity index (χ1n) is 12.2. The molecule has 1 aliphatic heterocycles. The largest absolute Gasteiger partial charge is 0.468 e. The molecule has 0 saturated carbocycles. The minimum absolute atomic E-state index is 0.0200. The Balaban J connectivity index is 1.85. The summed E-state index contributed by atoms with van der Waals surface area (Å²) in [5, 5.41) is 30.8. The number of hydrogen-bond acceptors (Lipinski definition) is 9. The van der Waals surface area contributed by atoms with Crippen LogP contribution in [0.4, 0.5) is 20.7 Å². The quantitative estimate of drug-likeness (QED) is 0.239. The van der Waals surface area contributed by atoms with Crippen LogP contribution in [0.2, 0.25) is 5.28 Å². The molecule has 4 rings (SSSR count). The normalized spacial score (nSPS) is 20.6. The number of fused-ring (bicyclic) bond motifs is 1. The van der Waals surface area contributed by atoms with Crippen molar-refractivity contribution in [3.05, 3.63) is 55.7 Å². The molecule has 1 unspecified atom stereocenters. The molecule has 1 aliphatic carbocycles. The molecule has 1 fully saturated rings. The van der Waals surface area contributed by atoms with Gasteiger partial charge in [-0.25, -0.2) is 14.2 Å². The SMILES string of the molecule is COC(=O)C1(Cc2nc(Cl)nc(N3CCN(C(=O)O)[C@@H](CC#N)C3)c2[N+](=O)[O-])CCCc2c(C)cc(F)cc21. The molecule has 206 valence electrons. The molecule has 0 bridgehead atoms. The van der Waals surface area contributed by atoms with Crippen molar-refractivity contribution in [2.45, 2.75) is 50.5 Å². The van der Waals surface area contributed by atoms with Gasteiger partial charge in [-0.3, -0.25) is 14.9 Å². The number of ether oxygens (including phenoxy) is 1. The molecule has 2 aromatic rings. The summed E-state index contributed by atoms with van der Waals surface area (Å²) in [5.41, 5.74) is -0.253. The van der Waals surface area contributed by atoms with Gasteiger partial charge >= 0.3 is 17.7 Å². The standard InChI is InChI=1S/C25H26ClFN6O6/c1-14-10-15(27)11-18-17(14)4-3-6-25(18,22(34)39-2)12-19-20(33(37)38)21(30-23(26)29-19)31-8-9-32(24(35)36)16(13-31)5-7-28/h10-11,16H,3-6,8-9,12-13H2,1-2H3,(H,35,36)/t16-,25?/m0/s1. The van der Waals surface area contributed by atoms with Crippen LogP contribution in [-0.4, -0.2) is 69.7 Å². The molecule has 39 heavy (non-hydrogen) atoms. The molecular weight excluding hydrogens is 535 g/mol. The fraction of sp³-hybridized carbons (Fsp3) is 0.480. The van der Waals surface area contributed by atoms with Gasteiger partial charge in [0.25, 0.3) is 0 Å². The topological polar surface area (TPSA) is 163 Å². The van der Waals surface area contributed by atoms with Gasteiger partial charge in [-0.2, -0.15) is 10.2 Å². The number of carboxylic acid groups (broad SMARTS) is 1. The number of amides is 1. The van der Waals surface area contributed by atoms with E-state index in [4.69, 9.17) is 16.3 Å². The average molecular weight is 561 g/mol. The Kier molecular flexibility index (Phi) is 7.87. The molecule has 0 spiro atoms. The lowest BCUT2D eigenvalue weighted by atomic mass is 9.66. The second kappa shape index (κ2) is 11.0. The summed E-state index contributed by atoms with van der Waals surface area (Å²) in [4.78, 5) is 47.6. The third-order valence-corrected chi connectivity index (χ3v) is 7.65. The fourth-order valence-electron chi connectivity index (χ4n) is 5.75. The molecule has 0 radical (unpaired) electrons. The van der Waals surface area contributed by atoms with Gasteiger partial charge in [0.1, 0.15) is 11.5 Å². The van der Waals surface area contributed by atoms with E-state index in [9.17, 15) is 34.5 Å². The smallest absolute Gasteiger partial charge is 0.407 e. The van der Waals surface area contributed by atoms with Crippen molar-refractivity contribution in [3.8, 4) is 6.07 Å². The Labute approximate surface area is 228 Å². The van der Waals surface area contributed by atoms with Crippen molar-refractivity contribution in [3.63, 3.8) is 0 Å². The van der Waals surface area contributed by atoms with Gasteiger partial charge in [-0.1, -0.05) is 0 Å². The highest BCUT2D eigenvalue weighted by atomic mass is 35.5. The van der Waals surface area contributed by atoms with Crippen molar-refractivity contribution in [2.24, 2.45) is 0 Å². The Morgan fingerprint density at radius 2 is 2.13 bits per heavy atom. The third kappa shape index (κ3) is 5.16. The summed E-state index contributed by atoms with van der Waals surface area (Å²) in [6.07, 6.45) is -0.226. The van der Waals surface area contributed by atoms with E-state index in [0.717, 1.165) is 10.5 Å². The monoisotopic (exact) mass is 560 g/mol. The number of nitriles is 1. The highest BCUT2D eigenvalue weighted by molar-refractivity contribution is 6.28. The van der Waals surface area contributed by atoms with E-state index in [1.54, 1.807) is 6.92 Å². The Hall–Kier alpha value is -4.05. The van der Waals surface area contributed by atoms with E-state index in [1.165, 1.54) is 24.1 Å². The first kappa shape index (κ1) is 28.0. The van der Waals surface area contributed by atoms with Crippen molar-refractivity contribution >= 4 is 35.2 Å². The van der Waals surface area contributed by atoms with Crippen molar-refractivity contribution < 1.29 is 28.7 Å². The molecule has 1 N–H and O–H groups in total. The number of aryl methyl sites for hydroxylation is 1. The zero-order chi connectivity index (χ0) is 28.5. The summed E-state index contributed by atoms with van der Waals surface area (Å²) in [6, 6.07) is 3.84. The van der Waals surface area contributed by atoms with Gasteiger partial charge in [-0.15, -0.1) is 0 Å². The summed E-state index contributed by atoms with van der Waals surface area (Å²) < 4.78 is 19.7. The number of halogens is 2. The Bertz CT molecular complexity index is 1380. The second-order valence-electron chi connectivity index (χ2n) is 9.66. The van der Waals surface area contributed by atoms with E-state index in [2.05, 4.69) is 9.97 Å². The number of piperazine rings is 1. The van der Waals surface area contributed by atoms with Crippen molar-refractivity contribution in [1.82, 2.24) is 14.9 Å². The third-order valence-electron chi connectivity index (χ3n) is 7.48. The number of hydrogen-bond donors (Lipinski definition) is 1. The summed E-state index contributed by atoms with van der Waals surface area (Å²) in [6.45, 7) is 1.74. The zero-order valence-electron chi connectivity index (χ0n) is 21.3. The maximum atomic E-state index is 14.6. The van der Waals surface area contributed by atoms with Crippen LogP contribution in [0.3, 0.4) is 0 Å². The number of nitrogens with zero attached hydrogens (tertiary/aromatic N) is 6. The van der Waals surface area contributed by atoms with Crippen LogP contribution in [0.1, 0.15) is 41.6 Å². The lowest BCUT2D eigenvalue weighted by molar-refractivity contribution is -0.385. The summed E-state index contributed by atoms with van der Waals surface area (Å²) in [5.74, 6) is -1.37. The first-order valence-corrected chi connectivity index (χ1v) is 12.6. The van der Waals surface area contributed by atoms with Crippen LogP contribution >= 0.6 is 11.6 Å². The number of nitro groups is 1. The lowest BCUT2D eigenvalue weighted by Crippen LogP contribution is -2.55. The van der Waals surface area contributed by atoms with Gasteiger partial charge in [0, 0.05) is 26.1 Å². The molecule has 1 aromatic carbocycles. The minimum atomic E-state index is -1.46. The Morgan fingerprint density at radius 1 is 1.38 bits per heavy atom. The number of anilines is 1. The fourth-order valence-corrected chi connectivity index (χ4v) is 5.93. The van der Waals surface area contributed by atoms with Gasteiger partial charge in [-0.05, 0) is 66.6 Å². The van der Waals surface area contributed by atoms with E-state index in [0.29, 0.717) is 24.0 Å². The lowest BCUT2D eigenvalue weighted by Gasteiger charge is -2.39. The number of esters is 1. The molecule has 14 heteroatoms. The Morgan fingerprint density at radius 3 is 2.77 bits per heavy atom. The van der Waals surface area contributed by atoms with Crippen LogP contribution in [0.5, 0.6) is 0 Å². The number of carbonyl (C=O) groups excluding carboxylic acids is 1. The maximum Gasteiger partial charge on any atom is 0.407 e. The number of aromatic nitrogens is 2. The molecular formula is C25H26ClFN6O6. The van der Waals surface area contributed by atoms with Gasteiger partial charge in [0.2, 0.25) is 11.1 Å². The molecule has 2 aliphatic rings. The second-order valence-corrected chi connectivity index (χ2v) is 10.00. The summed E-state index contributed by atoms with van der Waals surface area (Å²) >= 11 is 6.25. The highest BCUT2D eigenvalue weighted by Crippen LogP contribution is 2.45. The molecule has 1 amide bonds. The molecule has 1 aromatic heterocycles.